The molecule has 1 N–H and O–H groups in total. The Bertz CT molecular complexity index is 678. The minimum atomic E-state index is -0.501. The lowest BCUT2D eigenvalue weighted by Crippen LogP contribution is -2.04. The van der Waals surface area contributed by atoms with Crippen molar-refractivity contribution in [3.63, 3.8) is 0 Å². The van der Waals surface area contributed by atoms with E-state index in [1.807, 2.05) is 6.92 Å². The van der Waals surface area contributed by atoms with Gasteiger partial charge in [-0.25, -0.2) is 4.98 Å². The molecule has 0 unspecified atom stereocenters. The van der Waals surface area contributed by atoms with Gasteiger partial charge in [0, 0.05) is 24.4 Å². The Balaban J connectivity index is 2.40. The predicted molar refractivity (Wildman–Crippen MR) is 81.8 cm³/mol. The Kier molecular flexibility index (Phi) is 4.69. The summed E-state index contributed by atoms with van der Waals surface area (Å²) >= 11 is 3.25. The summed E-state index contributed by atoms with van der Waals surface area (Å²) in [4.78, 5) is 18.9. The van der Waals surface area contributed by atoms with Crippen LogP contribution in [0.3, 0.4) is 0 Å². The maximum atomic E-state index is 11.1. The number of benzene rings is 1. The zero-order chi connectivity index (χ0) is 15.4. The lowest BCUT2D eigenvalue weighted by molar-refractivity contribution is -0.385. The summed E-state index contributed by atoms with van der Waals surface area (Å²) in [6.07, 6.45) is 0. The number of nitro benzene ring substituents is 1. The van der Waals surface area contributed by atoms with E-state index in [1.165, 1.54) is 6.07 Å². The van der Waals surface area contributed by atoms with E-state index < -0.39 is 4.92 Å². The van der Waals surface area contributed by atoms with E-state index in [1.54, 1.807) is 25.1 Å². The molecular formula is C13H13BrN4O3. The zero-order valence-corrected chi connectivity index (χ0v) is 13.0. The van der Waals surface area contributed by atoms with Crippen LogP contribution in [0.25, 0.3) is 0 Å². The highest BCUT2D eigenvalue weighted by Crippen LogP contribution is 2.37. The van der Waals surface area contributed by atoms with Crippen molar-refractivity contribution in [1.29, 1.82) is 0 Å². The molecule has 2 aromatic rings. The molecule has 7 nitrogen and oxygen atoms in total. The van der Waals surface area contributed by atoms with Gasteiger partial charge in [0.15, 0.2) is 0 Å². The van der Waals surface area contributed by atoms with Crippen molar-refractivity contribution in [3.8, 4) is 11.6 Å². The average molecular weight is 353 g/mol. The Morgan fingerprint density at radius 2 is 2.19 bits per heavy atom. The largest absolute Gasteiger partial charge is 0.430 e. The first-order valence-corrected chi connectivity index (χ1v) is 7.01. The number of anilines is 1. The van der Waals surface area contributed by atoms with E-state index in [9.17, 15) is 10.1 Å². The van der Waals surface area contributed by atoms with Gasteiger partial charge in [0.25, 0.3) is 0 Å². The fourth-order valence-corrected chi connectivity index (χ4v) is 2.11. The van der Waals surface area contributed by atoms with E-state index in [-0.39, 0.29) is 17.3 Å². The molecule has 0 fully saturated rings. The normalized spacial score (nSPS) is 10.2. The maximum Gasteiger partial charge on any atom is 0.312 e. The van der Waals surface area contributed by atoms with Crippen LogP contribution < -0.4 is 10.1 Å². The number of nitrogens with zero attached hydrogens (tertiary/aromatic N) is 3. The van der Waals surface area contributed by atoms with Crippen LogP contribution in [0.4, 0.5) is 11.6 Å². The quantitative estimate of drug-likeness (QED) is 0.651. The Morgan fingerprint density at radius 3 is 2.86 bits per heavy atom. The molecule has 0 aliphatic rings. The minimum Gasteiger partial charge on any atom is -0.430 e. The van der Waals surface area contributed by atoms with E-state index in [0.717, 1.165) is 0 Å². The number of aromatic nitrogens is 2. The first kappa shape index (κ1) is 15.2. The van der Waals surface area contributed by atoms with Crippen molar-refractivity contribution < 1.29 is 9.66 Å². The van der Waals surface area contributed by atoms with E-state index >= 15 is 0 Å². The monoisotopic (exact) mass is 352 g/mol. The highest BCUT2D eigenvalue weighted by Gasteiger charge is 2.19. The topological polar surface area (TPSA) is 90.2 Å². The molecule has 0 aliphatic carbocycles. The molecule has 1 aromatic carbocycles. The number of ether oxygens (including phenoxy) is 1. The first-order chi connectivity index (χ1) is 10.0. The number of para-hydroxylation sites is 1. The summed E-state index contributed by atoms with van der Waals surface area (Å²) < 4.78 is 6.07. The van der Waals surface area contributed by atoms with Gasteiger partial charge in [-0.3, -0.25) is 10.1 Å². The lowest BCUT2D eigenvalue weighted by atomic mass is 10.3. The molecule has 21 heavy (non-hydrogen) atoms. The van der Waals surface area contributed by atoms with Crippen molar-refractivity contribution in [3.05, 3.63) is 44.5 Å². The van der Waals surface area contributed by atoms with Crippen LogP contribution in [0.15, 0.2) is 28.7 Å². The zero-order valence-electron chi connectivity index (χ0n) is 11.5. The van der Waals surface area contributed by atoms with Crippen molar-refractivity contribution in [2.75, 3.05) is 11.9 Å². The molecular weight excluding hydrogens is 340 g/mol. The number of nitrogens with one attached hydrogen (secondary N) is 1. The van der Waals surface area contributed by atoms with Gasteiger partial charge < -0.3 is 10.1 Å². The molecule has 8 heteroatoms. The summed E-state index contributed by atoms with van der Waals surface area (Å²) in [6.45, 7) is 4.38. The van der Waals surface area contributed by atoms with Gasteiger partial charge in [0.1, 0.15) is 0 Å². The highest BCUT2D eigenvalue weighted by atomic mass is 79.9. The van der Waals surface area contributed by atoms with Crippen LogP contribution in [-0.4, -0.2) is 21.4 Å². The van der Waals surface area contributed by atoms with Crippen LogP contribution >= 0.6 is 15.9 Å². The second kappa shape index (κ2) is 6.49. The van der Waals surface area contributed by atoms with Crippen molar-refractivity contribution in [2.24, 2.45) is 0 Å². The summed E-state index contributed by atoms with van der Waals surface area (Å²) in [5.74, 6) is 0.777. The molecule has 0 bridgehead atoms. The van der Waals surface area contributed by atoms with Gasteiger partial charge in [0.2, 0.25) is 17.6 Å². The summed E-state index contributed by atoms with van der Waals surface area (Å²) in [5.41, 5.74) is 0.566. The molecule has 0 saturated heterocycles. The van der Waals surface area contributed by atoms with E-state index in [0.29, 0.717) is 22.7 Å². The standard InChI is InChI=1S/C13H13BrN4O3/c1-3-15-13-16-8(2)7-11(17-13)21-12-9(14)5-4-6-10(12)18(19)20/h4-7H,3H2,1-2H3,(H,15,16,17). The third-order valence-corrected chi connectivity index (χ3v) is 3.14. The van der Waals surface area contributed by atoms with E-state index in [4.69, 9.17) is 4.74 Å². The molecule has 2 rings (SSSR count). The molecule has 0 radical (unpaired) electrons. The molecule has 0 atom stereocenters. The Morgan fingerprint density at radius 1 is 1.43 bits per heavy atom. The summed E-state index contributed by atoms with van der Waals surface area (Å²) in [5, 5.41) is 14.0. The number of rotatable bonds is 5. The molecule has 0 amide bonds. The third kappa shape index (κ3) is 3.66. The van der Waals surface area contributed by atoms with Crippen LogP contribution in [0.2, 0.25) is 0 Å². The third-order valence-electron chi connectivity index (χ3n) is 2.52. The fourth-order valence-electron chi connectivity index (χ4n) is 1.68. The molecule has 0 saturated carbocycles. The number of hydrogen-bond acceptors (Lipinski definition) is 6. The number of aryl methyl sites for hydroxylation is 1. The second-order valence-corrected chi connectivity index (χ2v) is 5.00. The van der Waals surface area contributed by atoms with Gasteiger partial charge >= 0.3 is 5.69 Å². The summed E-state index contributed by atoms with van der Waals surface area (Å²) in [6, 6.07) is 6.23. The smallest absolute Gasteiger partial charge is 0.312 e. The maximum absolute atomic E-state index is 11.1. The second-order valence-electron chi connectivity index (χ2n) is 4.15. The molecule has 110 valence electrons. The van der Waals surface area contributed by atoms with E-state index in [2.05, 4.69) is 31.2 Å². The van der Waals surface area contributed by atoms with Crippen LogP contribution in [0, 0.1) is 17.0 Å². The van der Waals surface area contributed by atoms with Crippen molar-refractivity contribution >= 4 is 27.6 Å². The minimum absolute atomic E-state index is 0.114. The SMILES string of the molecule is CCNc1nc(C)cc(Oc2c(Br)cccc2[N+](=O)[O-])n1. The molecule has 0 aliphatic heterocycles. The van der Waals surface area contributed by atoms with Gasteiger partial charge in [-0.1, -0.05) is 6.07 Å². The fraction of sp³-hybridized carbons (Fsp3) is 0.231. The number of nitro groups is 1. The predicted octanol–water partition coefficient (Wildman–Crippen LogP) is 3.68. The van der Waals surface area contributed by atoms with Crippen molar-refractivity contribution in [2.45, 2.75) is 13.8 Å². The molecule has 0 spiro atoms. The number of hydrogen-bond donors (Lipinski definition) is 1. The number of halogens is 1. The molecule has 1 aromatic heterocycles. The Labute approximate surface area is 129 Å². The van der Waals surface area contributed by atoms with Crippen LogP contribution in [0.1, 0.15) is 12.6 Å². The lowest BCUT2D eigenvalue weighted by Gasteiger charge is -2.09. The van der Waals surface area contributed by atoms with Crippen LogP contribution in [-0.2, 0) is 0 Å². The van der Waals surface area contributed by atoms with Crippen LogP contribution in [0.5, 0.6) is 11.6 Å². The highest BCUT2D eigenvalue weighted by molar-refractivity contribution is 9.10. The van der Waals surface area contributed by atoms with Crippen molar-refractivity contribution in [1.82, 2.24) is 9.97 Å². The Hall–Kier alpha value is -2.22. The van der Waals surface area contributed by atoms with Gasteiger partial charge in [0.05, 0.1) is 9.40 Å². The van der Waals surface area contributed by atoms with Gasteiger partial charge in [-0.15, -0.1) is 0 Å². The molecule has 1 heterocycles. The summed E-state index contributed by atoms with van der Waals surface area (Å²) in [7, 11) is 0. The first-order valence-electron chi connectivity index (χ1n) is 6.21. The van der Waals surface area contributed by atoms with Gasteiger partial charge in [-0.05, 0) is 35.8 Å². The van der Waals surface area contributed by atoms with Gasteiger partial charge in [-0.2, -0.15) is 4.98 Å². The average Bonchev–Trinajstić information content (AvgIpc) is 2.40.